The molecule has 0 spiro atoms. The Morgan fingerprint density at radius 1 is 1.32 bits per heavy atom. The number of hydrogen-bond acceptors (Lipinski definition) is 5. The van der Waals surface area contributed by atoms with Crippen LogP contribution in [0.1, 0.15) is 26.3 Å². The first-order valence-corrected chi connectivity index (χ1v) is 8.12. The van der Waals surface area contributed by atoms with Gasteiger partial charge >= 0.3 is 6.03 Å². The van der Waals surface area contributed by atoms with Gasteiger partial charge in [0.25, 0.3) is 5.91 Å². The van der Waals surface area contributed by atoms with Gasteiger partial charge in [0.05, 0.1) is 0 Å². The summed E-state index contributed by atoms with van der Waals surface area (Å²) in [6.45, 7) is 5.84. The minimum Gasteiger partial charge on any atom is -0.454 e. The molecule has 2 heterocycles. The number of fused-ring (bicyclic) bond motifs is 1. The molecule has 1 atom stereocenters. The smallest absolute Gasteiger partial charge is 0.325 e. The van der Waals surface area contributed by atoms with E-state index < -0.39 is 17.5 Å². The lowest BCUT2D eigenvalue weighted by molar-refractivity contribution is -0.134. The van der Waals surface area contributed by atoms with E-state index in [1.165, 1.54) is 0 Å². The molecule has 2 aliphatic rings. The third-order valence-corrected chi connectivity index (χ3v) is 4.23. The second-order valence-corrected chi connectivity index (χ2v) is 6.71. The summed E-state index contributed by atoms with van der Waals surface area (Å²) < 4.78 is 10.6. The van der Waals surface area contributed by atoms with Crippen molar-refractivity contribution in [3.63, 3.8) is 0 Å². The van der Waals surface area contributed by atoms with E-state index in [0.717, 1.165) is 4.90 Å². The van der Waals surface area contributed by atoms with Crippen LogP contribution in [0.5, 0.6) is 11.5 Å². The number of nitrogens with zero attached hydrogens (tertiary/aromatic N) is 1. The molecule has 134 valence electrons. The molecule has 25 heavy (non-hydrogen) atoms. The molecule has 0 aromatic heterocycles. The van der Waals surface area contributed by atoms with Gasteiger partial charge in [-0.1, -0.05) is 19.9 Å². The van der Waals surface area contributed by atoms with Crippen molar-refractivity contribution in [2.45, 2.75) is 26.3 Å². The Morgan fingerprint density at radius 2 is 2.04 bits per heavy atom. The van der Waals surface area contributed by atoms with Crippen LogP contribution in [0.25, 0.3) is 0 Å². The lowest BCUT2D eigenvalue weighted by atomic mass is 9.91. The van der Waals surface area contributed by atoms with E-state index in [0.29, 0.717) is 23.6 Å². The molecule has 0 radical (unpaired) electrons. The summed E-state index contributed by atoms with van der Waals surface area (Å²) in [7, 11) is 0. The maximum atomic E-state index is 12.8. The lowest BCUT2D eigenvalue weighted by Crippen LogP contribution is -2.43. The van der Waals surface area contributed by atoms with E-state index in [4.69, 9.17) is 9.47 Å². The molecule has 0 bridgehead atoms. The number of ether oxygens (including phenoxy) is 2. The van der Waals surface area contributed by atoms with Crippen molar-refractivity contribution in [1.29, 1.82) is 0 Å². The normalized spacial score (nSPS) is 21.7. The Labute approximate surface area is 145 Å². The molecule has 8 nitrogen and oxygen atoms in total. The Kier molecular flexibility index (Phi) is 4.28. The predicted molar refractivity (Wildman–Crippen MR) is 88.0 cm³/mol. The van der Waals surface area contributed by atoms with Crippen LogP contribution in [0.3, 0.4) is 0 Å². The highest BCUT2D eigenvalue weighted by atomic mass is 16.7. The van der Waals surface area contributed by atoms with Crippen LogP contribution in [0.2, 0.25) is 0 Å². The average Bonchev–Trinajstić information content (AvgIpc) is 3.11. The molecule has 0 unspecified atom stereocenters. The second-order valence-electron chi connectivity index (χ2n) is 6.71. The average molecular weight is 347 g/mol. The summed E-state index contributed by atoms with van der Waals surface area (Å²) in [5, 5.41) is 5.37. The Hall–Kier alpha value is -2.77. The van der Waals surface area contributed by atoms with Crippen LogP contribution < -0.4 is 20.1 Å². The molecule has 4 amide bonds. The van der Waals surface area contributed by atoms with Gasteiger partial charge in [-0.05, 0) is 30.5 Å². The third-order valence-electron chi connectivity index (χ3n) is 4.23. The van der Waals surface area contributed by atoms with E-state index in [-0.39, 0.29) is 25.2 Å². The van der Waals surface area contributed by atoms with Crippen molar-refractivity contribution >= 4 is 17.8 Å². The highest BCUT2D eigenvalue weighted by Crippen LogP contribution is 2.37. The summed E-state index contributed by atoms with van der Waals surface area (Å²) in [6.07, 6.45) is 0. The van der Waals surface area contributed by atoms with Crippen LogP contribution in [0.15, 0.2) is 18.2 Å². The summed E-state index contributed by atoms with van der Waals surface area (Å²) in [4.78, 5) is 37.9. The summed E-state index contributed by atoms with van der Waals surface area (Å²) in [6, 6.07) is 4.47. The van der Waals surface area contributed by atoms with Gasteiger partial charge in [-0.2, -0.15) is 0 Å². The van der Waals surface area contributed by atoms with Crippen molar-refractivity contribution in [3.8, 4) is 11.5 Å². The minimum atomic E-state index is -1.25. The number of nitrogens with one attached hydrogen (secondary N) is 2. The fourth-order valence-electron chi connectivity index (χ4n) is 2.76. The quantitative estimate of drug-likeness (QED) is 0.773. The molecule has 3 rings (SSSR count). The monoisotopic (exact) mass is 347 g/mol. The zero-order chi connectivity index (χ0) is 18.2. The molecular weight excluding hydrogens is 326 g/mol. The van der Waals surface area contributed by atoms with Gasteiger partial charge in [0.1, 0.15) is 12.1 Å². The van der Waals surface area contributed by atoms with Crippen LogP contribution in [-0.4, -0.2) is 42.6 Å². The first-order valence-electron chi connectivity index (χ1n) is 8.12. The van der Waals surface area contributed by atoms with Gasteiger partial charge in [-0.25, -0.2) is 4.79 Å². The predicted octanol–water partition coefficient (Wildman–Crippen LogP) is 0.954. The van der Waals surface area contributed by atoms with Crippen molar-refractivity contribution in [3.05, 3.63) is 23.8 Å². The SMILES string of the molecule is CC(C)CNC(=O)CN1C(=O)N[C@](C)(c2ccc3c(c2)OCO3)C1=O. The first kappa shape index (κ1) is 17.1. The number of benzene rings is 1. The Balaban J connectivity index is 1.77. The Bertz CT molecular complexity index is 733. The van der Waals surface area contributed by atoms with E-state index >= 15 is 0 Å². The molecule has 0 aliphatic carbocycles. The maximum absolute atomic E-state index is 12.8. The molecular formula is C17H21N3O5. The number of imide groups is 1. The van der Waals surface area contributed by atoms with Gasteiger partial charge in [0, 0.05) is 6.54 Å². The van der Waals surface area contributed by atoms with Crippen molar-refractivity contribution < 1.29 is 23.9 Å². The molecule has 2 aliphatic heterocycles. The highest BCUT2D eigenvalue weighted by molar-refractivity contribution is 6.09. The van der Waals surface area contributed by atoms with Crippen molar-refractivity contribution in [2.75, 3.05) is 19.9 Å². The topological polar surface area (TPSA) is 97.0 Å². The zero-order valence-electron chi connectivity index (χ0n) is 14.4. The van der Waals surface area contributed by atoms with E-state index in [9.17, 15) is 14.4 Å². The molecule has 1 saturated heterocycles. The van der Waals surface area contributed by atoms with E-state index in [2.05, 4.69) is 10.6 Å². The van der Waals surface area contributed by atoms with Gasteiger partial charge in [-0.3, -0.25) is 14.5 Å². The largest absolute Gasteiger partial charge is 0.454 e. The number of urea groups is 1. The number of amides is 4. The van der Waals surface area contributed by atoms with Gasteiger partial charge < -0.3 is 20.1 Å². The van der Waals surface area contributed by atoms with Crippen LogP contribution in [0.4, 0.5) is 4.79 Å². The highest BCUT2D eigenvalue weighted by Gasteiger charge is 2.49. The van der Waals surface area contributed by atoms with Crippen molar-refractivity contribution in [1.82, 2.24) is 15.5 Å². The number of hydrogen-bond donors (Lipinski definition) is 2. The molecule has 1 aromatic carbocycles. The number of carbonyl (C=O) groups is 3. The summed E-state index contributed by atoms with van der Waals surface area (Å²) >= 11 is 0. The van der Waals surface area contributed by atoms with Gasteiger partial charge in [0.15, 0.2) is 11.5 Å². The lowest BCUT2D eigenvalue weighted by Gasteiger charge is -2.22. The van der Waals surface area contributed by atoms with Crippen LogP contribution in [0, 0.1) is 5.92 Å². The summed E-state index contributed by atoms with van der Waals surface area (Å²) in [5.74, 6) is 0.553. The summed E-state index contributed by atoms with van der Waals surface area (Å²) in [5.41, 5.74) is -0.684. The molecule has 8 heteroatoms. The number of carbonyl (C=O) groups excluding carboxylic acids is 3. The minimum absolute atomic E-state index is 0.123. The zero-order valence-corrected chi connectivity index (χ0v) is 14.4. The van der Waals surface area contributed by atoms with E-state index in [1.54, 1.807) is 25.1 Å². The van der Waals surface area contributed by atoms with Crippen molar-refractivity contribution in [2.24, 2.45) is 5.92 Å². The molecule has 1 fully saturated rings. The van der Waals surface area contributed by atoms with Gasteiger partial charge in [-0.15, -0.1) is 0 Å². The molecule has 0 saturated carbocycles. The number of rotatable bonds is 5. The fraction of sp³-hybridized carbons (Fsp3) is 0.471. The third kappa shape index (κ3) is 3.11. The van der Waals surface area contributed by atoms with Crippen LogP contribution >= 0.6 is 0 Å². The second kappa shape index (κ2) is 6.27. The van der Waals surface area contributed by atoms with E-state index in [1.807, 2.05) is 13.8 Å². The molecule has 1 aromatic rings. The maximum Gasteiger partial charge on any atom is 0.325 e. The molecule has 2 N–H and O–H groups in total. The van der Waals surface area contributed by atoms with Gasteiger partial charge in [0.2, 0.25) is 12.7 Å². The fourth-order valence-corrected chi connectivity index (χ4v) is 2.76. The Morgan fingerprint density at radius 3 is 2.76 bits per heavy atom. The van der Waals surface area contributed by atoms with Crippen LogP contribution in [-0.2, 0) is 15.1 Å². The first-order chi connectivity index (χ1) is 11.8. The standard InChI is InChI=1S/C17H21N3O5/c1-10(2)7-18-14(21)8-20-15(22)17(3,19-16(20)23)11-4-5-12-13(6-11)25-9-24-12/h4-6,10H,7-9H2,1-3H3,(H,18,21)(H,19,23)/t17-/m1/s1.